The van der Waals surface area contributed by atoms with Crippen LogP contribution >= 0.6 is 11.6 Å². The van der Waals surface area contributed by atoms with Gasteiger partial charge in [0.1, 0.15) is 0 Å². The van der Waals surface area contributed by atoms with Crippen molar-refractivity contribution in [2.45, 2.75) is 19.3 Å². The second kappa shape index (κ2) is 7.85. The number of halogens is 1. The van der Waals surface area contributed by atoms with E-state index in [0.29, 0.717) is 25.1 Å². The topological polar surface area (TPSA) is 46.2 Å². The van der Waals surface area contributed by atoms with Crippen LogP contribution in [0.25, 0.3) is 0 Å². The summed E-state index contributed by atoms with van der Waals surface area (Å²) < 4.78 is 0. The highest BCUT2D eigenvalue weighted by Gasteiger charge is 2.06. The summed E-state index contributed by atoms with van der Waals surface area (Å²) >= 11 is 5.47. The highest BCUT2D eigenvalue weighted by atomic mass is 35.5. The number of carbonyl (C=O) groups excluding carboxylic acids is 2. The van der Waals surface area contributed by atoms with Gasteiger partial charge in [-0.2, -0.15) is 0 Å². The Balaban J connectivity index is 2.24. The Labute approximate surface area is 106 Å². The van der Waals surface area contributed by atoms with E-state index < -0.39 is 0 Å². The standard InChI is InChI=1S/C13H16ClNO2/c14-8-4-7-13(17)15-10-12(16)9-11-5-2-1-3-6-11/h1-3,5-6H,4,7-10H2,(H,15,17). The Hall–Kier alpha value is -1.35. The molecule has 4 heteroatoms. The molecule has 1 aromatic rings. The zero-order valence-electron chi connectivity index (χ0n) is 9.62. The molecule has 1 amide bonds. The lowest BCUT2D eigenvalue weighted by Gasteiger charge is -2.04. The summed E-state index contributed by atoms with van der Waals surface area (Å²) in [5.41, 5.74) is 0.965. The van der Waals surface area contributed by atoms with E-state index in [9.17, 15) is 9.59 Å². The predicted octanol–water partition coefficient (Wildman–Crippen LogP) is 1.93. The Morgan fingerprint density at radius 3 is 2.53 bits per heavy atom. The average molecular weight is 254 g/mol. The van der Waals surface area contributed by atoms with Gasteiger partial charge in [0.2, 0.25) is 5.91 Å². The van der Waals surface area contributed by atoms with Crippen molar-refractivity contribution in [3.63, 3.8) is 0 Å². The summed E-state index contributed by atoms with van der Waals surface area (Å²) in [6, 6.07) is 9.48. The zero-order chi connectivity index (χ0) is 12.5. The third-order valence-electron chi connectivity index (χ3n) is 2.26. The lowest BCUT2D eigenvalue weighted by atomic mass is 10.1. The molecule has 0 aromatic heterocycles. The molecule has 1 N–H and O–H groups in total. The van der Waals surface area contributed by atoms with Gasteiger partial charge in [0.25, 0.3) is 0 Å². The maximum Gasteiger partial charge on any atom is 0.220 e. The quantitative estimate of drug-likeness (QED) is 0.755. The van der Waals surface area contributed by atoms with E-state index in [1.165, 1.54) is 0 Å². The predicted molar refractivity (Wildman–Crippen MR) is 68.1 cm³/mol. The lowest BCUT2D eigenvalue weighted by molar-refractivity contribution is -0.124. The van der Waals surface area contributed by atoms with Crippen molar-refractivity contribution < 1.29 is 9.59 Å². The number of alkyl halides is 1. The first-order chi connectivity index (χ1) is 8.22. The smallest absolute Gasteiger partial charge is 0.220 e. The molecule has 0 saturated carbocycles. The van der Waals surface area contributed by atoms with E-state index in [2.05, 4.69) is 5.32 Å². The van der Waals surface area contributed by atoms with Crippen LogP contribution < -0.4 is 5.32 Å². The first-order valence-electron chi connectivity index (χ1n) is 5.60. The van der Waals surface area contributed by atoms with Crippen molar-refractivity contribution in [1.82, 2.24) is 5.32 Å². The summed E-state index contributed by atoms with van der Waals surface area (Å²) in [5.74, 6) is 0.355. The van der Waals surface area contributed by atoms with Crippen molar-refractivity contribution in [2.24, 2.45) is 0 Å². The minimum atomic E-state index is -0.118. The van der Waals surface area contributed by atoms with E-state index in [0.717, 1.165) is 5.56 Å². The Bertz CT molecular complexity index is 365. The van der Waals surface area contributed by atoms with Gasteiger partial charge in [-0.1, -0.05) is 30.3 Å². The average Bonchev–Trinajstić information content (AvgIpc) is 2.35. The van der Waals surface area contributed by atoms with Crippen LogP contribution in [0.1, 0.15) is 18.4 Å². The molecule has 92 valence electrons. The molecule has 3 nitrogen and oxygen atoms in total. The number of Topliss-reactive ketones (excluding diaryl/α,β-unsaturated/α-hetero) is 1. The third kappa shape index (κ3) is 6.07. The van der Waals surface area contributed by atoms with Crippen molar-refractivity contribution >= 4 is 23.3 Å². The molecule has 0 saturated heterocycles. The van der Waals surface area contributed by atoms with Crippen molar-refractivity contribution in [1.29, 1.82) is 0 Å². The van der Waals surface area contributed by atoms with Crippen LogP contribution in [0.4, 0.5) is 0 Å². The van der Waals surface area contributed by atoms with Gasteiger partial charge < -0.3 is 5.32 Å². The van der Waals surface area contributed by atoms with Crippen LogP contribution in [0.2, 0.25) is 0 Å². The van der Waals surface area contributed by atoms with Crippen LogP contribution in [0, 0.1) is 0 Å². The largest absolute Gasteiger partial charge is 0.349 e. The number of ketones is 1. The molecule has 0 aliphatic rings. The number of hydrogen-bond donors (Lipinski definition) is 1. The zero-order valence-corrected chi connectivity index (χ0v) is 10.4. The number of benzene rings is 1. The van der Waals surface area contributed by atoms with Crippen LogP contribution in [-0.4, -0.2) is 24.1 Å². The van der Waals surface area contributed by atoms with E-state index in [4.69, 9.17) is 11.6 Å². The number of amides is 1. The number of rotatable bonds is 7. The van der Waals surface area contributed by atoms with Gasteiger partial charge in [0.15, 0.2) is 5.78 Å². The van der Waals surface area contributed by atoms with Crippen molar-refractivity contribution in [3.05, 3.63) is 35.9 Å². The fourth-order valence-corrected chi connectivity index (χ4v) is 1.53. The molecule has 0 fully saturated rings. The van der Waals surface area contributed by atoms with E-state index in [1.807, 2.05) is 30.3 Å². The highest BCUT2D eigenvalue weighted by Crippen LogP contribution is 1.99. The molecule has 0 atom stereocenters. The number of carbonyl (C=O) groups is 2. The first-order valence-corrected chi connectivity index (χ1v) is 6.14. The number of hydrogen-bond acceptors (Lipinski definition) is 2. The minimum absolute atomic E-state index is 0.00965. The summed E-state index contributed by atoms with van der Waals surface area (Å²) in [4.78, 5) is 22.8. The summed E-state index contributed by atoms with van der Waals surface area (Å²) in [6.07, 6.45) is 1.37. The maximum atomic E-state index is 11.5. The Morgan fingerprint density at radius 1 is 1.18 bits per heavy atom. The second-order valence-electron chi connectivity index (χ2n) is 3.77. The fourth-order valence-electron chi connectivity index (χ4n) is 1.40. The van der Waals surface area contributed by atoms with Gasteiger partial charge in [-0.15, -0.1) is 11.6 Å². The minimum Gasteiger partial charge on any atom is -0.349 e. The Kier molecular flexibility index (Phi) is 6.33. The molecule has 0 heterocycles. The van der Waals surface area contributed by atoms with Crippen LogP contribution in [0.3, 0.4) is 0 Å². The monoisotopic (exact) mass is 253 g/mol. The van der Waals surface area contributed by atoms with Gasteiger partial charge in [-0.05, 0) is 12.0 Å². The SMILES string of the molecule is O=C(CNC(=O)CCCCl)Cc1ccccc1. The molecule has 0 aliphatic carbocycles. The molecular formula is C13H16ClNO2. The van der Waals surface area contributed by atoms with Gasteiger partial charge in [-0.3, -0.25) is 9.59 Å². The van der Waals surface area contributed by atoms with Crippen LogP contribution in [0.5, 0.6) is 0 Å². The van der Waals surface area contributed by atoms with Gasteiger partial charge in [0, 0.05) is 18.7 Å². The molecule has 17 heavy (non-hydrogen) atoms. The molecule has 1 aromatic carbocycles. The maximum absolute atomic E-state index is 11.5. The lowest BCUT2D eigenvalue weighted by Crippen LogP contribution is -2.30. The van der Waals surface area contributed by atoms with Crippen LogP contribution in [-0.2, 0) is 16.0 Å². The normalized spacial score (nSPS) is 9.94. The van der Waals surface area contributed by atoms with Gasteiger partial charge in [-0.25, -0.2) is 0 Å². The summed E-state index contributed by atoms with van der Waals surface area (Å²) in [5, 5.41) is 2.59. The van der Waals surface area contributed by atoms with E-state index in [1.54, 1.807) is 0 Å². The highest BCUT2D eigenvalue weighted by molar-refractivity contribution is 6.17. The fraction of sp³-hybridized carbons (Fsp3) is 0.385. The Morgan fingerprint density at radius 2 is 1.88 bits per heavy atom. The van der Waals surface area contributed by atoms with Crippen molar-refractivity contribution in [3.8, 4) is 0 Å². The first kappa shape index (κ1) is 13.7. The molecule has 0 radical (unpaired) electrons. The van der Waals surface area contributed by atoms with E-state index >= 15 is 0 Å². The van der Waals surface area contributed by atoms with Gasteiger partial charge in [0.05, 0.1) is 6.54 Å². The molecule has 1 rings (SSSR count). The third-order valence-corrected chi connectivity index (χ3v) is 2.53. The van der Waals surface area contributed by atoms with Gasteiger partial charge >= 0.3 is 0 Å². The molecule has 0 bridgehead atoms. The molecule has 0 aliphatic heterocycles. The van der Waals surface area contributed by atoms with E-state index in [-0.39, 0.29) is 18.2 Å². The second-order valence-corrected chi connectivity index (χ2v) is 4.15. The summed E-state index contributed by atoms with van der Waals surface area (Å²) in [6.45, 7) is 0.0933. The number of nitrogens with one attached hydrogen (secondary N) is 1. The summed E-state index contributed by atoms with van der Waals surface area (Å²) in [7, 11) is 0. The molecule has 0 spiro atoms. The van der Waals surface area contributed by atoms with Crippen LogP contribution in [0.15, 0.2) is 30.3 Å². The molecular weight excluding hydrogens is 238 g/mol. The van der Waals surface area contributed by atoms with Crippen molar-refractivity contribution in [2.75, 3.05) is 12.4 Å². The molecule has 0 unspecified atom stereocenters.